The Hall–Kier alpha value is -0.120. The van der Waals surface area contributed by atoms with Crippen molar-refractivity contribution in [1.82, 2.24) is 15.1 Å². The number of piperazine rings is 1. The molecule has 2 atom stereocenters. The van der Waals surface area contributed by atoms with Crippen LogP contribution in [0.15, 0.2) is 0 Å². The molecule has 2 fully saturated rings. The molecule has 2 rings (SSSR count). The van der Waals surface area contributed by atoms with Crippen molar-refractivity contribution in [1.29, 1.82) is 0 Å². The molecule has 1 aliphatic heterocycles. The second kappa shape index (κ2) is 7.46. The van der Waals surface area contributed by atoms with Gasteiger partial charge in [-0.25, -0.2) is 0 Å². The van der Waals surface area contributed by atoms with E-state index in [0.29, 0.717) is 0 Å². The van der Waals surface area contributed by atoms with Crippen LogP contribution in [0.4, 0.5) is 0 Å². The van der Waals surface area contributed by atoms with Crippen molar-refractivity contribution >= 4 is 0 Å². The molecule has 0 aromatic carbocycles. The van der Waals surface area contributed by atoms with Gasteiger partial charge < -0.3 is 10.2 Å². The van der Waals surface area contributed by atoms with Gasteiger partial charge in [-0.1, -0.05) is 13.8 Å². The third-order valence-electron chi connectivity index (χ3n) is 4.55. The molecule has 3 nitrogen and oxygen atoms in total. The number of hydrogen-bond donors (Lipinski definition) is 1. The lowest BCUT2D eigenvalue weighted by molar-refractivity contribution is 0.0970. The predicted octanol–water partition coefficient (Wildman–Crippen LogP) is 1.93. The quantitative estimate of drug-likeness (QED) is 0.780. The Morgan fingerprint density at radius 2 is 1.78 bits per heavy atom. The Bertz CT molecular complexity index is 224. The normalized spacial score (nSPS) is 31.0. The fraction of sp³-hybridized carbons (Fsp3) is 1.00. The highest BCUT2D eigenvalue weighted by atomic mass is 15.3. The monoisotopic (exact) mass is 253 g/mol. The highest BCUT2D eigenvalue weighted by molar-refractivity contribution is 4.88. The van der Waals surface area contributed by atoms with E-state index in [9.17, 15) is 0 Å². The van der Waals surface area contributed by atoms with Crippen LogP contribution < -0.4 is 5.32 Å². The molecule has 1 saturated carbocycles. The van der Waals surface area contributed by atoms with Crippen LogP contribution in [0.1, 0.15) is 46.0 Å². The number of nitrogens with zero attached hydrogens (tertiary/aromatic N) is 2. The van der Waals surface area contributed by atoms with Crippen LogP contribution >= 0.6 is 0 Å². The SMILES string of the molecule is CCCNC1CCC(N2CCN(CCC)CC2)C1. The summed E-state index contributed by atoms with van der Waals surface area (Å²) < 4.78 is 0. The summed E-state index contributed by atoms with van der Waals surface area (Å²) in [6, 6.07) is 1.66. The summed E-state index contributed by atoms with van der Waals surface area (Å²) in [4.78, 5) is 5.37. The summed E-state index contributed by atoms with van der Waals surface area (Å²) in [5.74, 6) is 0. The topological polar surface area (TPSA) is 18.5 Å². The molecule has 2 aliphatic rings. The Kier molecular flexibility index (Phi) is 5.93. The van der Waals surface area contributed by atoms with Crippen molar-refractivity contribution < 1.29 is 0 Å². The molecule has 0 radical (unpaired) electrons. The van der Waals surface area contributed by atoms with Crippen LogP contribution in [0.25, 0.3) is 0 Å². The minimum absolute atomic E-state index is 0.795. The van der Waals surface area contributed by atoms with Crippen molar-refractivity contribution in [3.05, 3.63) is 0 Å². The molecular formula is C15H31N3. The van der Waals surface area contributed by atoms with E-state index in [1.807, 2.05) is 0 Å². The summed E-state index contributed by atoms with van der Waals surface area (Å²) in [7, 11) is 0. The zero-order valence-corrected chi connectivity index (χ0v) is 12.3. The van der Waals surface area contributed by atoms with E-state index in [0.717, 1.165) is 12.1 Å². The molecule has 2 unspecified atom stereocenters. The van der Waals surface area contributed by atoms with E-state index in [4.69, 9.17) is 0 Å². The average molecular weight is 253 g/mol. The van der Waals surface area contributed by atoms with E-state index >= 15 is 0 Å². The number of rotatable bonds is 6. The van der Waals surface area contributed by atoms with Crippen LogP contribution in [0.2, 0.25) is 0 Å². The first-order chi connectivity index (χ1) is 8.83. The molecule has 18 heavy (non-hydrogen) atoms. The molecule has 0 aromatic heterocycles. The molecule has 1 N–H and O–H groups in total. The van der Waals surface area contributed by atoms with E-state index in [1.165, 1.54) is 71.4 Å². The molecule has 1 aliphatic carbocycles. The van der Waals surface area contributed by atoms with Crippen LogP contribution in [-0.4, -0.2) is 61.2 Å². The third kappa shape index (κ3) is 3.94. The fourth-order valence-corrected chi connectivity index (χ4v) is 3.49. The van der Waals surface area contributed by atoms with E-state index in [-0.39, 0.29) is 0 Å². The smallest absolute Gasteiger partial charge is 0.0113 e. The van der Waals surface area contributed by atoms with Crippen LogP contribution in [0, 0.1) is 0 Å². The van der Waals surface area contributed by atoms with Gasteiger partial charge in [-0.3, -0.25) is 4.90 Å². The van der Waals surface area contributed by atoms with Gasteiger partial charge in [0.2, 0.25) is 0 Å². The largest absolute Gasteiger partial charge is 0.314 e. The molecule has 0 amide bonds. The first-order valence-corrected chi connectivity index (χ1v) is 8.03. The van der Waals surface area contributed by atoms with Gasteiger partial charge in [0.05, 0.1) is 0 Å². The zero-order valence-electron chi connectivity index (χ0n) is 12.3. The lowest BCUT2D eigenvalue weighted by Gasteiger charge is -2.38. The minimum atomic E-state index is 0.795. The summed E-state index contributed by atoms with van der Waals surface area (Å²) in [5, 5.41) is 3.69. The molecule has 106 valence electrons. The van der Waals surface area contributed by atoms with Crippen molar-refractivity contribution in [2.75, 3.05) is 39.3 Å². The van der Waals surface area contributed by atoms with E-state index in [2.05, 4.69) is 29.0 Å². The van der Waals surface area contributed by atoms with Gasteiger partial charge in [0.25, 0.3) is 0 Å². The standard InChI is InChI=1S/C15H31N3/c1-3-7-16-14-5-6-15(13-14)18-11-9-17(8-4-2)10-12-18/h14-16H,3-13H2,1-2H3. The lowest BCUT2D eigenvalue weighted by Crippen LogP contribution is -2.50. The van der Waals surface area contributed by atoms with Crippen LogP contribution in [-0.2, 0) is 0 Å². The molecule has 0 bridgehead atoms. The van der Waals surface area contributed by atoms with Crippen LogP contribution in [0.5, 0.6) is 0 Å². The van der Waals surface area contributed by atoms with Gasteiger partial charge >= 0.3 is 0 Å². The Labute approximate surface area is 113 Å². The summed E-state index contributed by atoms with van der Waals surface area (Å²) >= 11 is 0. The van der Waals surface area contributed by atoms with Crippen molar-refractivity contribution in [3.8, 4) is 0 Å². The number of hydrogen-bond acceptors (Lipinski definition) is 3. The third-order valence-corrected chi connectivity index (χ3v) is 4.55. The van der Waals surface area contributed by atoms with E-state index < -0.39 is 0 Å². The van der Waals surface area contributed by atoms with Gasteiger partial charge in [0, 0.05) is 38.3 Å². The van der Waals surface area contributed by atoms with Gasteiger partial charge in [-0.2, -0.15) is 0 Å². The Morgan fingerprint density at radius 1 is 1.00 bits per heavy atom. The van der Waals surface area contributed by atoms with Gasteiger partial charge in [0.15, 0.2) is 0 Å². The van der Waals surface area contributed by atoms with Gasteiger partial charge in [0.1, 0.15) is 0 Å². The highest BCUT2D eigenvalue weighted by Gasteiger charge is 2.30. The van der Waals surface area contributed by atoms with Crippen molar-refractivity contribution in [2.24, 2.45) is 0 Å². The lowest BCUT2D eigenvalue weighted by atomic mass is 10.1. The predicted molar refractivity (Wildman–Crippen MR) is 78.0 cm³/mol. The molecule has 1 saturated heterocycles. The average Bonchev–Trinajstić information content (AvgIpc) is 2.86. The fourth-order valence-electron chi connectivity index (χ4n) is 3.49. The Balaban J connectivity index is 1.68. The summed E-state index contributed by atoms with van der Waals surface area (Å²) in [6.07, 6.45) is 6.74. The number of nitrogens with one attached hydrogen (secondary N) is 1. The molecular weight excluding hydrogens is 222 g/mol. The maximum Gasteiger partial charge on any atom is 0.0113 e. The highest BCUT2D eigenvalue weighted by Crippen LogP contribution is 2.25. The first kappa shape index (κ1) is 14.3. The van der Waals surface area contributed by atoms with Crippen LogP contribution in [0.3, 0.4) is 0 Å². The Morgan fingerprint density at radius 3 is 2.44 bits per heavy atom. The maximum absolute atomic E-state index is 3.69. The van der Waals surface area contributed by atoms with E-state index in [1.54, 1.807) is 0 Å². The molecule has 3 heteroatoms. The molecule has 1 heterocycles. The molecule has 0 spiro atoms. The second-order valence-corrected chi connectivity index (χ2v) is 6.00. The van der Waals surface area contributed by atoms with Gasteiger partial charge in [-0.05, 0) is 45.2 Å². The maximum atomic E-state index is 3.69. The zero-order chi connectivity index (χ0) is 12.8. The van der Waals surface area contributed by atoms with Crippen molar-refractivity contribution in [3.63, 3.8) is 0 Å². The molecule has 0 aromatic rings. The second-order valence-electron chi connectivity index (χ2n) is 6.00. The van der Waals surface area contributed by atoms with Crippen molar-refractivity contribution in [2.45, 2.75) is 58.0 Å². The first-order valence-electron chi connectivity index (χ1n) is 8.03. The summed E-state index contributed by atoms with van der Waals surface area (Å²) in [6.45, 7) is 12.2. The minimum Gasteiger partial charge on any atom is -0.314 e. The summed E-state index contributed by atoms with van der Waals surface area (Å²) in [5.41, 5.74) is 0. The van der Waals surface area contributed by atoms with Gasteiger partial charge in [-0.15, -0.1) is 0 Å².